The smallest absolute Gasteiger partial charge is 0.118 e. The third-order valence-corrected chi connectivity index (χ3v) is 1.11. The van der Waals surface area contributed by atoms with Gasteiger partial charge in [0.1, 0.15) is 6.17 Å². The van der Waals surface area contributed by atoms with E-state index in [4.69, 9.17) is 0 Å². The highest BCUT2D eigenvalue weighted by molar-refractivity contribution is 5.71. The Bertz CT molecular complexity index is 125. The lowest BCUT2D eigenvalue weighted by Crippen LogP contribution is -1.93. The van der Waals surface area contributed by atoms with Gasteiger partial charge in [0.25, 0.3) is 0 Å². The van der Waals surface area contributed by atoms with E-state index in [2.05, 4.69) is 4.99 Å². The highest BCUT2D eigenvalue weighted by Gasteiger charge is 1.96. The average molecular weight is 129 g/mol. The maximum absolute atomic E-state index is 12.3. The molecule has 0 saturated carbocycles. The standard InChI is InChI=1S/C7H12FN/c1-6(7(2)8)4-5-9-3/h4-5,7H,1-3H3/b6-4+,9-5?. The van der Waals surface area contributed by atoms with Crippen molar-refractivity contribution in [2.75, 3.05) is 7.05 Å². The van der Waals surface area contributed by atoms with Gasteiger partial charge in [-0.1, -0.05) is 0 Å². The Balaban J connectivity index is 3.84. The van der Waals surface area contributed by atoms with Gasteiger partial charge in [0.15, 0.2) is 0 Å². The second kappa shape index (κ2) is 4.24. The zero-order chi connectivity index (χ0) is 7.28. The van der Waals surface area contributed by atoms with E-state index >= 15 is 0 Å². The minimum absolute atomic E-state index is 0.709. The molecular formula is C7H12FN. The van der Waals surface area contributed by atoms with E-state index in [9.17, 15) is 4.39 Å². The molecule has 1 nitrogen and oxygen atoms in total. The van der Waals surface area contributed by atoms with Crippen LogP contribution in [0.2, 0.25) is 0 Å². The van der Waals surface area contributed by atoms with Crippen LogP contribution in [0, 0.1) is 0 Å². The number of hydrogen-bond acceptors (Lipinski definition) is 1. The quantitative estimate of drug-likeness (QED) is 0.505. The van der Waals surface area contributed by atoms with Crippen molar-refractivity contribution in [2.24, 2.45) is 4.99 Å². The van der Waals surface area contributed by atoms with Crippen LogP contribution in [0.15, 0.2) is 16.6 Å². The van der Waals surface area contributed by atoms with Crippen molar-refractivity contribution in [3.05, 3.63) is 11.6 Å². The molecule has 0 N–H and O–H groups in total. The van der Waals surface area contributed by atoms with E-state index < -0.39 is 6.17 Å². The summed E-state index contributed by atoms with van der Waals surface area (Å²) in [6.07, 6.45) is 2.40. The largest absolute Gasteiger partial charge is 0.297 e. The van der Waals surface area contributed by atoms with Gasteiger partial charge < -0.3 is 0 Å². The summed E-state index contributed by atoms with van der Waals surface area (Å²) in [4.78, 5) is 3.69. The number of nitrogens with zero attached hydrogens (tertiary/aromatic N) is 1. The number of hydrogen-bond donors (Lipinski definition) is 0. The molecule has 1 unspecified atom stereocenters. The first-order valence-corrected chi connectivity index (χ1v) is 2.91. The molecule has 0 spiro atoms. The Hall–Kier alpha value is -0.660. The minimum Gasteiger partial charge on any atom is -0.297 e. The number of aliphatic imine (C=N–C) groups is 1. The number of rotatable bonds is 2. The molecule has 52 valence electrons. The second-order valence-corrected chi connectivity index (χ2v) is 1.93. The summed E-state index contributed by atoms with van der Waals surface area (Å²) in [6.45, 7) is 3.25. The van der Waals surface area contributed by atoms with Crippen LogP contribution in [0.4, 0.5) is 4.39 Å². The lowest BCUT2D eigenvalue weighted by Gasteiger charge is -1.96. The van der Waals surface area contributed by atoms with Gasteiger partial charge in [0.05, 0.1) is 0 Å². The molecule has 0 heterocycles. The molecular weight excluding hydrogens is 117 g/mol. The van der Waals surface area contributed by atoms with Crippen molar-refractivity contribution < 1.29 is 4.39 Å². The molecule has 0 amide bonds. The Morgan fingerprint density at radius 2 is 2.22 bits per heavy atom. The predicted octanol–water partition coefficient (Wildman–Crippen LogP) is 1.99. The Morgan fingerprint density at radius 1 is 1.67 bits per heavy atom. The number of alkyl halides is 1. The molecule has 0 aliphatic rings. The summed E-state index contributed by atoms with van der Waals surface area (Å²) in [5, 5.41) is 0. The average Bonchev–Trinajstić information content (AvgIpc) is 1.82. The van der Waals surface area contributed by atoms with Crippen molar-refractivity contribution in [2.45, 2.75) is 20.0 Å². The van der Waals surface area contributed by atoms with Gasteiger partial charge in [0.2, 0.25) is 0 Å². The molecule has 0 bridgehead atoms. The molecule has 0 aromatic carbocycles. The second-order valence-electron chi connectivity index (χ2n) is 1.93. The minimum atomic E-state index is -0.858. The molecule has 0 aromatic heterocycles. The molecule has 0 saturated heterocycles. The summed E-state index contributed by atoms with van der Waals surface area (Å²) in [5.41, 5.74) is 0.709. The van der Waals surface area contributed by atoms with E-state index in [0.29, 0.717) is 5.57 Å². The van der Waals surface area contributed by atoms with E-state index in [1.165, 1.54) is 6.92 Å². The fraction of sp³-hybridized carbons (Fsp3) is 0.571. The first-order valence-electron chi connectivity index (χ1n) is 2.91. The fourth-order valence-corrected chi connectivity index (χ4v) is 0.325. The van der Waals surface area contributed by atoms with Crippen LogP contribution < -0.4 is 0 Å². The van der Waals surface area contributed by atoms with E-state index in [0.717, 1.165) is 0 Å². The van der Waals surface area contributed by atoms with Crippen LogP contribution in [0.5, 0.6) is 0 Å². The van der Waals surface area contributed by atoms with Crippen molar-refractivity contribution in [1.82, 2.24) is 0 Å². The Morgan fingerprint density at radius 3 is 2.56 bits per heavy atom. The molecule has 0 rings (SSSR count). The van der Waals surface area contributed by atoms with Gasteiger partial charge in [-0.2, -0.15) is 0 Å². The molecule has 0 aliphatic carbocycles. The van der Waals surface area contributed by atoms with E-state index in [1.807, 2.05) is 0 Å². The monoisotopic (exact) mass is 129 g/mol. The number of allylic oxidation sites excluding steroid dienone is 2. The van der Waals surface area contributed by atoms with Gasteiger partial charge in [0, 0.05) is 13.3 Å². The maximum atomic E-state index is 12.3. The van der Waals surface area contributed by atoms with Gasteiger partial charge in [-0.3, -0.25) is 4.99 Å². The lowest BCUT2D eigenvalue weighted by atomic mass is 10.2. The molecule has 0 radical (unpaired) electrons. The van der Waals surface area contributed by atoms with Gasteiger partial charge in [-0.05, 0) is 25.5 Å². The van der Waals surface area contributed by atoms with Gasteiger partial charge in [-0.15, -0.1) is 0 Å². The normalized spacial score (nSPS) is 16.7. The summed E-state index contributed by atoms with van der Waals surface area (Å²) in [5.74, 6) is 0. The summed E-state index contributed by atoms with van der Waals surface area (Å²) in [7, 11) is 1.66. The first kappa shape index (κ1) is 8.34. The zero-order valence-electron chi connectivity index (χ0n) is 6.06. The van der Waals surface area contributed by atoms with Crippen LogP contribution in [0.1, 0.15) is 13.8 Å². The molecule has 1 atom stereocenters. The maximum Gasteiger partial charge on any atom is 0.118 e. The zero-order valence-corrected chi connectivity index (χ0v) is 6.06. The highest BCUT2D eigenvalue weighted by Crippen LogP contribution is 2.02. The number of halogens is 1. The molecule has 9 heavy (non-hydrogen) atoms. The van der Waals surface area contributed by atoms with E-state index in [-0.39, 0.29) is 0 Å². The molecule has 0 fully saturated rings. The van der Waals surface area contributed by atoms with Crippen LogP contribution in [-0.2, 0) is 0 Å². The van der Waals surface area contributed by atoms with Gasteiger partial charge in [-0.25, -0.2) is 4.39 Å². The predicted molar refractivity (Wildman–Crippen MR) is 38.7 cm³/mol. The van der Waals surface area contributed by atoms with Crippen LogP contribution >= 0.6 is 0 Å². The topological polar surface area (TPSA) is 12.4 Å². The summed E-state index contributed by atoms with van der Waals surface area (Å²) < 4.78 is 12.3. The highest BCUT2D eigenvalue weighted by atomic mass is 19.1. The van der Waals surface area contributed by atoms with Crippen LogP contribution in [-0.4, -0.2) is 19.4 Å². The molecule has 2 heteroatoms. The Kier molecular flexibility index (Phi) is 3.93. The van der Waals surface area contributed by atoms with Crippen molar-refractivity contribution >= 4 is 6.21 Å². The van der Waals surface area contributed by atoms with Crippen molar-refractivity contribution in [3.63, 3.8) is 0 Å². The van der Waals surface area contributed by atoms with Crippen LogP contribution in [0.25, 0.3) is 0 Å². The summed E-state index contributed by atoms with van der Waals surface area (Å²) >= 11 is 0. The van der Waals surface area contributed by atoms with E-state index in [1.54, 1.807) is 26.3 Å². The SMILES string of the molecule is CN=C/C=C(\C)C(C)F. The lowest BCUT2D eigenvalue weighted by molar-refractivity contribution is 0.411. The third kappa shape index (κ3) is 3.88. The van der Waals surface area contributed by atoms with Crippen LogP contribution in [0.3, 0.4) is 0 Å². The van der Waals surface area contributed by atoms with Crippen molar-refractivity contribution in [3.8, 4) is 0 Å². The first-order chi connectivity index (χ1) is 4.18. The van der Waals surface area contributed by atoms with Gasteiger partial charge >= 0.3 is 0 Å². The molecule has 0 aromatic rings. The molecule has 0 aliphatic heterocycles. The Labute approximate surface area is 55.3 Å². The van der Waals surface area contributed by atoms with Crippen molar-refractivity contribution in [1.29, 1.82) is 0 Å². The third-order valence-electron chi connectivity index (χ3n) is 1.11. The fourth-order valence-electron chi connectivity index (χ4n) is 0.325. The summed E-state index contributed by atoms with van der Waals surface area (Å²) in [6, 6.07) is 0.